The van der Waals surface area contributed by atoms with Gasteiger partial charge in [-0.1, -0.05) is 0 Å². The highest BCUT2D eigenvalue weighted by Gasteiger charge is 2.99. The molecule has 70 heavy (non-hydrogen) atoms. The molecule has 0 saturated heterocycles. The van der Waals surface area contributed by atoms with Crippen molar-refractivity contribution in [1.29, 1.82) is 0 Å². The first kappa shape index (κ1) is 67.0. The van der Waals surface area contributed by atoms with Crippen LogP contribution in [-0.4, -0.2) is 135 Å². The van der Waals surface area contributed by atoms with Gasteiger partial charge < -0.3 is 13.3 Å². The molecule has 0 aliphatic carbocycles. The molecule has 0 aliphatic heterocycles. The summed E-state index contributed by atoms with van der Waals surface area (Å²) >= 11 is 0. The van der Waals surface area contributed by atoms with Crippen molar-refractivity contribution in [3.8, 4) is 0 Å². The number of nitrogens with zero attached hydrogens (tertiary/aromatic N) is 1. The molecule has 1 atom stereocenters. The molecule has 0 amide bonds. The van der Waals surface area contributed by atoms with E-state index in [0.29, 0.717) is 13.3 Å². The van der Waals surface area contributed by atoms with Gasteiger partial charge in [-0.25, -0.2) is 8.42 Å². The van der Waals surface area contributed by atoms with E-state index in [1.165, 1.54) is 0 Å². The third-order valence-electron chi connectivity index (χ3n) is 7.19. The van der Waals surface area contributed by atoms with E-state index in [9.17, 15) is 184 Å². The molecule has 0 spiro atoms. The van der Waals surface area contributed by atoms with Crippen LogP contribution < -0.4 is 0 Å². The average Bonchev–Trinajstić information content (AvgIpc) is 3.07. The van der Waals surface area contributed by atoms with Crippen molar-refractivity contribution in [3.05, 3.63) is 0 Å². The van der Waals surface area contributed by atoms with E-state index < -0.39 is 137 Å². The van der Waals surface area contributed by atoms with E-state index in [4.69, 9.17) is 0 Å². The van der Waals surface area contributed by atoms with Crippen LogP contribution in [0.3, 0.4) is 0 Å². The lowest BCUT2D eigenvalue weighted by atomic mass is 9.97. The lowest BCUT2D eigenvalue weighted by molar-refractivity contribution is -0.476. The van der Waals surface area contributed by atoms with Gasteiger partial charge in [0.25, 0.3) is 0 Å². The first-order chi connectivity index (χ1) is 29.3. The molecule has 0 aromatic heterocycles. The Hall–Kier alpha value is -3.00. The number of rotatable bonds is 19. The Morgan fingerprint density at radius 2 is 0.557 bits per heavy atom. The van der Waals surface area contributed by atoms with Gasteiger partial charge in [-0.2, -0.15) is 184 Å². The van der Waals surface area contributed by atoms with Crippen molar-refractivity contribution < 1.29 is 211 Å². The number of hydrogen-bond acceptors (Lipinski definition) is 5. The molecule has 0 aromatic carbocycles. The molecule has 1 unspecified atom stereocenters. The molecule has 0 aliphatic rings. The van der Waals surface area contributed by atoms with Crippen LogP contribution in [0.2, 0.25) is 0 Å². The van der Waals surface area contributed by atoms with Crippen LogP contribution in [0.4, 0.5) is 189 Å². The quantitative estimate of drug-likeness (QED) is 0.0558. The van der Waals surface area contributed by atoms with Crippen molar-refractivity contribution in [2.75, 3.05) is 0 Å². The molecular formula is C19F43NO5SSi. The number of halogens is 43. The standard InChI is InChI=1S/C19F43NO5SSi/c20-1(21,5(28,29)10(37,38)39)2(22,23)7(32,33)18(58,59)69(64,65)63(62)15(52,53)8(34,35)19(60,61)70(67-16(54,55)13(46,47)48,68-17(56,57)14(49,50)51)66-9(36,12(43,44)45)4(26,27)3(24,25)6(30,31)11(40,41)42. The second kappa shape index (κ2) is 16.8. The monoisotopic (exact) mass is 1200 g/mol. The van der Waals surface area contributed by atoms with E-state index >= 15 is 13.2 Å². The van der Waals surface area contributed by atoms with Gasteiger partial charge in [0.05, 0.1) is 0 Å². The van der Waals surface area contributed by atoms with Gasteiger partial charge in [0.1, 0.15) is 0 Å². The van der Waals surface area contributed by atoms with Gasteiger partial charge in [0, 0.05) is 4.53 Å². The highest BCUT2D eigenvalue weighted by molar-refractivity contribution is 7.90. The molecule has 0 radical (unpaired) electrons. The number of hydrogen-bond donors (Lipinski definition) is 0. The van der Waals surface area contributed by atoms with Crippen LogP contribution in [0.25, 0.3) is 0 Å². The van der Waals surface area contributed by atoms with Crippen LogP contribution in [0.15, 0.2) is 0 Å². The molecule has 0 rings (SSSR count). The van der Waals surface area contributed by atoms with Crippen molar-refractivity contribution in [2.24, 2.45) is 0 Å². The zero-order chi connectivity index (χ0) is 58.2. The second-order valence-corrected chi connectivity index (χ2v) is 16.1. The summed E-state index contributed by atoms with van der Waals surface area (Å²) in [7, 11) is -24.2. The Morgan fingerprint density at radius 1 is 0.300 bits per heavy atom. The second-order valence-electron chi connectivity index (χ2n) is 11.9. The van der Waals surface area contributed by atoms with E-state index in [1.807, 2.05) is 0 Å². The molecule has 422 valence electrons. The summed E-state index contributed by atoms with van der Waals surface area (Å²) in [6, 6.07) is -10.4. The van der Waals surface area contributed by atoms with Crippen LogP contribution >= 0.6 is 0 Å². The van der Waals surface area contributed by atoms with Gasteiger partial charge in [-0.15, -0.1) is 4.48 Å². The Labute approximate surface area is 348 Å². The zero-order valence-corrected chi connectivity index (χ0v) is 31.0. The van der Waals surface area contributed by atoms with Crippen LogP contribution in [0.1, 0.15) is 0 Å². The fourth-order valence-corrected chi connectivity index (χ4v) is 7.07. The zero-order valence-electron chi connectivity index (χ0n) is 29.1. The summed E-state index contributed by atoms with van der Waals surface area (Å²) in [5, 5.41) is -10.0. The Morgan fingerprint density at radius 3 is 0.800 bits per heavy atom. The van der Waals surface area contributed by atoms with E-state index in [2.05, 4.69) is 0 Å². The summed E-state index contributed by atoms with van der Waals surface area (Å²) in [5.74, 6) is -89.8. The highest BCUT2D eigenvalue weighted by Crippen LogP contribution is 2.66. The first-order valence-electron chi connectivity index (χ1n) is 14.0. The Balaban J connectivity index is 9.39. The Kier molecular flexibility index (Phi) is 16.0. The topological polar surface area (TPSA) is 65.1 Å². The third-order valence-corrected chi connectivity index (χ3v) is 11.4. The van der Waals surface area contributed by atoms with E-state index in [0.717, 1.165) is 0 Å². The molecule has 51 heteroatoms. The van der Waals surface area contributed by atoms with Crippen LogP contribution in [0, 0.1) is 0 Å². The third kappa shape index (κ3) is 9.10. The first-order valence-corrected chi connectivity index (χ1v) is 17.2. The lowest BCUT2D eigenvalue weighted by Crippen LogP contribution is -2.82. The number of alkyl halides is 42. The van der Waals surface area contributed by atoms with Crippen molar-refractivity contribution in [1.82, 2.24) is 4.53 Å². The lowest BCUT2D eigenvalue weighted by Gasteiger charge is -2.48. The minimum Gasteiger partial charge on any atom is -0.324 e. The number of sulfonamides is 1. The summed E-state index contributed by atoms with van der Waals surface area (Å²) in [6.07, 6.45) is -64.2. The largest absolute Gasteiger partial charge is 0.594 e. The highest BCUT2D eigenvalue weighted by atomic mass is 32.2. The maximum atomic E-state index is 15.4. The maximum Gasteiger partial charge on any atom is 0.594 e. The van der Waals surface area contributed by atoms with Crippen molar-refractivity contribution >= 4 is 18.8 Å². The van der Waals surface area contributed by atoms with E-state index in [-0.39, 0.29) is 0 Å². The van der Waals surface area contributed by atoms with Crippen molar-refractivity contribution in [3.63, 3.8) is 0 Å². The molecule has 6 nitrogen and oxygen atoms in total. The minimum absolute atomic E-state index is 0.631. The van der Waals surface area contributed by atoms with Gasteiger partial charge >= 0.3 is 132 Å². The predicted molar refractivity (Wildman–Crippen MR) is 119 cm³/mol. The fourth-order valence-electron chi connectivity index (χ4n) is 3.43. The molecular weight excluding hydrogens is 1200 g/mol. The summed E-state index contributed by atoms with van der Waals surface area (Å²) in [5.41, 5.74) is -10.9. The molecule has 0 bridgehead atoms. The van der Waals surface area contributed by atoms with Crippen LogP contribution in [0.5, 0.6) is 0 Å². The molecule has 0 heterocycles. The van der Waals surface area contributed by atoms with Gasteiger partial charge in [-0.3, -0.25) is 0 Å². The summed E-state index contributed by atoms with van der Waals surface area (Å²) in [6.45, 7) is 0. The SMILES string of the molecule is O=S(=O)(N(F)C(F)(F)C(F)(F)C(F)(F)[Si](OC(F)(F)C(F)(F)F)(OC(F)(F)C(F)(F)F)OC(F)(C(F)(F)F)C(F)(F)C(F)(F)C(F)(F)C(F)(F)F)C(F)(F)C(F)(F)C(F)(F)C(F)(F)C(F)(F)C(F)(F)F. The van der Waals surface area contributed by atoms with Gasteiger partial charge in [0.2, 0.25) is 0 Å². The predicted octanol–water partition coefficient (Wildman–Crippen LogP) is 12.6. The van der Waals surface area contributed by atoms with Gasteiger partial charge in [-0.05, 0) is 0 Å². The van der Waals surface area contributed by atoms with Crippen molar-refractivity contribution in [2.45, 2.75) is 113 Å². The molecule has 0 saturated carbocycles. The molecule has 0 fully saturated rings. The molecule has 0 aromatic rings. The minimum atomic E-state index is -13.1. The van der Waals surface area contributed by atoms with E-state index in [1.54, 1.807) is 0 Å². The summed E-state index contributed by atoms with van der Waals surface area (Å²) < 4.78 is 605. The molecule has 0 N–H and O–H groups in total. The van der Waals surface area contributed by atoms with Crippen LogP contribution in [-0.2, 0) is 23.3 Å². The average molecular weight is 1200 g/mol. The normalized spacial score (nSPS) is 17.9. The van der Waals surface area contributed by atoms with Gasteiger partial charge in [0.15, 0.2) is 0 Å². The Bertz CT molecular complexity index is 1960. The fraction of sp³-hybridized carbons (Fsp3) is 1.00. The smallest absolute Gasteiger partial charge is 0.324 e. The summed E-state index contributed by atoms with van der Waals surface area (Å²) in [4.78, 5) is 0. The maximum absolute atomic E-state index is 15.4.